The Labute approximate surface area is 448 Å². The number of unbranched alkanes of at least 4 members (excludes halogenated alkanes) is 24. The predicted molar refractivity (Wildman–Crippen MR) is 283 cm³/mol. The van der Waals surface area contributed by atoms with Crippen LogP contribution < -0.4 is 10.6 Å². The Kier molecular flexibility index (Phi) is 38.8. The van der Waals surface area contributed by atoms with Crippen LogP contribution in [0.15, 0.2) is 0 Å². The number of hydrogen-bond donors (Lipinski definition) is 10. The molecule has 2 saturated heterocycles. The van der Waals surface area contributed by atoms with Gasteiger partial charge in [0.15, 0.2) is 12.6 Å². The SMILES string of the molecule is CCCCCCCCCCCC(=O)O[C@H](CCCCCCCCCCC)CC(=O)N[C@H]1[C@H](OC[C@H]2O[C@H](OCCO)[C@H](NC(=O)C[C@H](O)CCCCCCCCCCC)[C@@H](O)[C@@H]2O)O[C@H](CO)[C@@H](OP(=O)(O)O)[C@@H]1O. The van der Waals surface area contributed by atoms with Gasteiger partial charge in [0.2, 0.25) is 11.8 Å². The molecule has 0 aromatic heterocycles. The molecule has 20 nitrogen and oxygen atoms in total. The number of carbonyl (C=O) groups is 3. The molecule has 2 rings (SSSR count). The number of esters is 1. The largest absolute Gasteiger partial charge is 0.470 e. The zero-order valence-corrected chi connectivity index (χ0v) is 46.9. The van der Waals surface area contributed by atoms with Gasteiger partial charge >= 0.3 is 13.8 Å². The molecule has 0 aromatic rings. The maximum atomic E-state index is 13.9. The van der Waals surface area contributed by atoms with E-state index in [0.29, 0.717) is 25.7 Å². The Bertz CT molecular complexity index is 1510. The number of hydrogen-bond acceptors (Lipinski definition) is 16. The van der Waals surface area contributed by atoms with Crippen molar-refractivity contribution in [1.29, 1.82) is 0 Å². The second-order valence-electron chi connectivity index (χ2n) is 20.9. The van der Waals surface area contributed by atoms with Crippen molar-refractivity contribution in [2.24, 2.45) is 0 Å². The topological polar surface area (TPSA) is 310 Å². The summed E-state index contributed by atoms with van der Waals surface area (Å²) in [7, 11) is -5.32. The number of phosphoric acid groups is 1. The minimum Gasteiger partial charge on any atom is -0.462 e. The first kappa shape index (κ1) is 69.2. The molecule has 2 amide bonds. The van der Waals surface area contributed by atoms with Crippen LogP contribution in [0.5, 0.6) is 0 Å². The number of aliphatic hydroxyl groups excluding tert-OH is 6. The van der Waals surface area contributed by atoms with E-state index in [4.69, 9.17) is 28.2 Å². The molecule has 0 aliphatic carbocycles. The van der Waals surface area contributed by atoms with Crippen molar-refractivity contribution in [3.63, 3.8) is 0 Å². The molecule has 2 aliphatic rings. The molecule has 2 heterocycles. The Balaban J connectivity index is 2.17. The average Bonchev–Trinajstić information content (AvgIpc) is 3.36. The summed E-state index contributed by atoms with van der Waals surface area (Å²) in [5.74, 6) is -1.81. The number of amides is 2. The number of rotatable bonds is 46. The highest BCUT2D eigenvalue weighted by Crippen LogP contribution is 2.41. The second-order valence-corrected chi connectivity index (χ2v) is 22.1. The van der Waals surface area contributed by atoms with Crippen molar-refractivity contribution in [3.8, 4) is 0 Å². The standard InChI is InChI=1S/C54H103N2O18P/c1-4-7-10-13-16-19-22-25-28-31-40(59)36-44(60)55-47-50(64)49(63)43(73-53(47)69-35-34-57)39-70-54-48(51(65)52(42(38-58)72-54)74-75(66,67)68)56-45(61)37-41(32-29-26-23-20-17-14-11-8-5-2)71-46(62)33-30-27-24-21-18-15-12-9-6-3/h40-43,47-54,57-59,63-65H,4-39H2,1-3H3,(H,55,60)(H,56,61)(H2,66,67,68)/t40-,41-,42-,43-,47-,48-,49-,50-,51-,52-,53+,54-/m1/s1. The fourth-order valence-corrected chi connectivity index (χ4v) is 10.4. The first-order chi connectivity index (χ1) is 36.1. The molecule has 21 heteroatoms. The maximum absolute atomic E-state index is 13.9. The average molecular weight is 1100 g/mol. The van der Waals surface area contributed by atoms with E-state index in [0.717, 1.165) is 77.0 Å². The van der Waals surface area contributed by atoms with Crippen LogP contribution >= 0.6 is 7.82 Å². The van der Waals surface area contributed by atoms with Gasteiger partial charge in [0.05, 0.1) is 45.4 Å². The minimum atomic E-state index is -5.32. The quantitative estimate of drug-likeness (QED) is 0.0170. The van der Waals surface area contributed by atoms with Crippen LogP contribution in [-0.4, -0.2) is 158 Å². The predicted octanol–water partition coefficient (Wildman–Crippen LogP) is 6.80. The van der Waals surface area contributed by atoms with E-state index in [1.807, 2.05) is 0 Å². The molecule has 0 saturated carbocycles. The fourth-order valence-electron chi connectivity index (χ4n) is 9.79. The van der Waals surface area contributed by atoms with E-state index in [9.17, 15) is 59.4 Å². The second kappa shape index (κ2) is 42.1. The van der Waals surface area contributed by atoms with E-state index in [1.54, 1.807) is 0 Å². The van der Waals surface area contributed by atoms with E-state index >= 15 is 0 Å². The zero-order valence-electron chi connectivity index (χ0n) is 46.0. The van der Waals surface area contributed by atoms with Crippen molar-refractivity contribution in [2.75, 3.05) is 26.4 Å². The summed E-state index contributed by atoms with van der Waals surface area (Å²) in [6.45, 7) is 4.21. The molecule has 0 radical (unpaired) electrons. The lowest BCUT2D eigenvalue weighted by Crippen LogP contribution is -2.67. The van der Waals surface area contributed by atoms with Crippen molar-refractivity contribution in [1.82, 2.24) is 10.6 Å². The summed E-state index contributed by atoms with van der Waals surface area (Å²) in [5.41, 5.74) is 0. The number of aliphatic hydroxyl groups is 6. The number of carbonyl (C=O) groups excluding carboxylic acids is 3. The van der Waals surface area contributed by atoms with Crippen LogP contribution in [-0.2, 0) is 47.2 Å². The molecular weight excluding hydrogens is 996 g/mol. The zero-order chi connectivity index (χ0) is 55.3. The first-order valence-electron chi connectivity index (χ1n) is 29.1. The highest BCUT2D eigenvalue weighted by molar-refractivity contribution is 7.46. The Morgan fingerprint density at radius 3 is 1.49 bits per heavy atom. The van der Waals surface area contributed by atoms with Gasteiger partial charge in [0.25, 0.3) is 0 Å². The molecule has 0 bridgehead atoms. The molecule has 0 aromatic carbocycles. The third-order valence-electron chi connectivity index (χ3n) is 14.2. The molecular formula is C54H103N2O18P. The van der Waals surface area contributed by atoms with Crippen molar-refractivity contribution >= 4 is 25.6 Å². The van der Waals surface area contributed by atoms with Gasteiger partial charge in [-0.2, -0.15) is 0 Å². The van der Waals surface area contributed by atoms with Crippen LogP contribution in [0, 0.1) is 0 Å². The molecule has 10 N–H and O–H groups in total. The molecule has 0 unspecified atom stereocenters. The summed E-state index contributed by atoms with van der Waals surface area (Å²) in [5, 5.41) is 69.8. The van der Waals surface area contributed by atoms with E-state index in [-0.39, 0.29) is 25.9 Å². The monoisotopic (exact) mass is 1100 g/mol. The van der Waals surface area contributed by atoms with E-state index < -0.39 is 119 Å². The van der Waals surface area contributed by atoms with Gasteiger partial charge in [-0.15, -0.1) is 0 Å². The molecule has 442 valence electrons. The summed E-state index contributed by atoms with van der Waals surface area (Å²) < 4.78 is 46.2. The minimum absolute atomic E-state index is 0.187. The van der Waals surface area contributed by atoms with Gasteiger partial charge in [-0.05, 0) is 25.7 Å². The summed E-state index contributed by atoms with van der Waals surface area (Å²) in [4.78, 5) is 59.7. The van der Waals surface area contributed by atoms with Crippen molar-refractivity contribution in [3.05, 3.63) is 0 Å². The fraction of sp³-hybridized carbons (Fsp3) is 0.944. The number of nitrogens with one attached hydrogen (secondary N) is 2. The van der Waals surface area contributed by atoms with Gasteiger partial charge in [-0.3, -0.25) is 18.9 Å². The van der Waals surface area contributed by atoms with Gasteiger partial charge < -0.3 is 74.7 Å². The third kappa shape index (κ3) is 30.9. The molecule has 75 heavy (non-hydrogen) atoms. The highest BCUT2D eigenvalue weighted by atomic mass is 31.2. The summed E-state index contributed by atoms with van der Waals surface area (Å²) in [6.07, 6.45) is 14.0. The van der Waals surface area contributed by atoms with Crippen molar-refractivity contribution in [2.45, 2.75) is 300 Å². The van der Waals surface area contributed by atoms with Crippen molar-refractivity contribution < 1.29 is 87.6 Å². The van der Waals surface area contributed by atoms with E-state index in [1.165, 1.54) is 83.5 Å². The maximum Gasteiger partial charge on any atom is 0.470 e. The van der Waals surface area contributed by atoms with Gasteiger partial charge in [-0.25, -0.2) is 4.57 Å². The smallest absolute Gasteiger partial charge is 0.462 e. The van der Waals surface area contributed by atoms with Crippen LogP contribution in [0.4, 0.5) is 0 Å². The lowest BCUT2D eigenvalue weighted by atomic mass is 9.95. The third-order valence-corrected chi connectivity index (χ3v) is 14.7. The normalized spacial score (nSPS) is 24.9. The Hall–Kier alpha value is -1.88. The molecule has 2 fully saturated rings. The first-order valence-corrected chi connectivity index (χ1v) is 30.6. The molecule has 12 atom stereocenters. The van der Waals surface area contributed by atoms with Gasteiger partial charge in [0.1, 0.15) is 54.8 Å². The van der Waals surface area contributed by atoms with Gasteiger partial charge in [-0.1, -0.05) is 181 Å². The highest BCUT2D eigenvalue weighted by Gasteiger charge is 2.51. The van der Waals surface area contributed by atoms with Gasteiger partial charge in [0, 0.05) is 6.42 Å². The van der Waals surface area contributed by atoms with E-state index in [2.05, 4.69) is 31.4 Å². The van der Waals surface area contributed by atoms with Crippen LogP contribution in [0.1, 0.15) is 226 Å². The lowest BCUT2D eigenvalue weighted by molar-refractivity contribution is -0.303. The lowest BCUT2D eigenvalue weighted by Gasteiger charge is -2.45. The van der Waals surface area contributed by atoms with Crippen LogP contribution in [0.2, 0.25) is 0 Å². The number of ether oxygens (including phenoxy) is 5. The molecule has 0 spiro atoms. The van der Waals surface area contributed by atoms with Crippen LogP contribution in [0.3, 0.4) is 0 Å². The Morgan fingerprint density at radius 1 is 0.560 bits per heavy atom. The summed E-state index contributed by atoms with van der Waals surface area (Å²) >= 11 is 0. The summed E-state index contributed by atoms with van der Waals surface area (Å²) in [6, 6.07) is -2.99. The number of phosphoric ester groups is 1. The van der Waals surface area contributed by atoms with Crippen LogP contribution in [0.25, 0.3) is 0 Å². The molecule has 2 aliphatic heterocycles. The Morgan fingerprint density at radius 2 is 1.00 bits per heavy atom.